The van der Waals surface area contributed by atoms with Gasteiger partial charge in [0.15, 0.2) is 0 Å². The van der Waals surface area contributed by atoms with E-state index in [0.29, 0.717) is 6.42 Å². The molecule has 0 radical (unpaired) electrons. The SMILES string of the molecule is CCCCCCCC/C=C/CCCCCCCCCC(=O)OC[C@@H](O)CO. The highest BCUT2D eigenvalue weighted by Crippen LogP contribution is 2.11. The predicted octanol–water partition coefficient (Wildman–Crippen LogP) is 5.70. The molecule has 0 aliphatic heterocycles. The van der Waals surface area contributed by atoms with Gasteiger partial charge >= 0.3 is 5.97 Å². The molecule has 1 atom stereocenters. The van der Waals surface area contributed by atoms with Crippen molar-refractivity contribution in [3.05, 3.63) is 12.2 Å². The van der Waals surface area contributed by atoms with Crippen molar-refractivity contribution in [1.29, 1.82) is 0 Å². The first-order valence-electron chi connectivity index (χ1n) is 11.3. The Labute approximate surface area is 167 Å². The van der Waals surface area contributed by atoms with E-state index in [4.69, 9.17) is 14.9 Å². The van der Waals surface area contributed by atoms with Gasteiger partial charge in [0.2, 0.25) is 0 Å². The summed E-state index contributed by atoms with van der Waals surface area (Å²) in [6.07, 6.45) is 23.0. The summed E-state index contributed by atoms with van der Waals surface area (Å²) in [6.45, 7) is 1.78. The van der Waals surface area contributed by atoms with Gasteiger partial charge in [-0.15, -0.1) is 0 Å². The lowest BCUT2D eigenvalue weighted by molar-refractivity contribution is -0.147. The Morgan fingerprint density at radius 3 is 1.81 bits per heavy atom. The van der Waals surface area contributed by atoms with Crippen LogP contribution in [0.15, 0.2) is 12.2 Å². The maximum Gasteiger partial charge on any atom is 0.305 e. The van der Waals surface area contributed by atoms with E-state index in [9.17, 15) is 4.79 Å². The van der Waals surface area contributed by atoms with Gasteiger partial charge < -0.3 is 14.9 Å². The van der Waals surface area contributed by atoms with Gasteiger partial charge in [0, 0.05) is 6.42 Å². The zero-order chi connectivity index (χ0) is 20.0. The zero-order valence-electron chi connectivity index (χ0n) is 17.7. The van der Waals surface area contributed by atoms with E-state index >= 15 is 0 Å². The van der Waals surface area contributed by atoms with Gasteiger partial charge in [0.05, 0.1) is 6.61 Å². The van der Waals surface area contributed by atoms with Crippen LogP contribution in [0.2, 0.25) is 0 Å². The molecule has 0 saturated heterocycles. The van der Waals surface area contributed by atoms with Crippen molar-refractivity contribution < 1.29 is 19.7 Å². The molecule has 2 N–H and O–H groups in total. The third kappa shape index (κ3) is 21.3. The molecule has 27 heavy (non-hydrogen) atoms. The quantitative estimate of drug-likeness (QED) is 0.160. The highest BCUT2D eigenvalue weighted by atomic mass is 16.5. The highest BCUT2D eigenvalue weighted by molar-refractivity contribution is 5.69. The van der Waals surface area contributed by atoms with E-state index in [2.05, 4.69) is 19.1 Å². The summed E-state index contributed by atoms with van der Waals surface area (Å²) in [5, 5.41) is 17.7. The molecule has 0 aliphatic carbocycles. The van der Waals surface area contributed by atoms with Gasteiger partial charge in [-0.1, -0.05) is 83.3 Å². The average Bonchev–Trinajstić information content (AvgIpc) is 2.68. The number of hydrogen-bond acceptors (Lipinski definition) is 4. The maximum absolute atomic E-state index is 11.4. The van der Waals surface area contributed by atoms with Crippen molar-refractivity contribution in [1.82, 2.24) is 0 Å². The fraction of sp³-hybridized carbons (Fsp3) is 0.870. The smallest absolute Gasteiger partial charge is 0.305 e. The molecule has 0 rings (SSSR count). The minimum Gasteiger partial charge on any atom is -0.463 e. The second-order valence-electron chi connectivity index (χ2n) is 7.56. The average molecular weight is 385 g/mol. The van der Waals surface area contributed by atoms with Crippen molar-refractivity contribution in [2.75, 3.05) is 13.2 Å². The van der Waals surface area contributed by atoms with E-state index in [1.807, 2.05) is 0 Å². The van der Waals surface area contributed by atoms with Crippen LogP contribution >= 0.6 is 0 Å². The van der Waals surface area contributed by atoms with E-state index < -0.39 is 6.10 Å². The summed E-state index contributed by atoms with van der Waals surface area (Å²) < 4.78 is 4.87. The number of aliphatic hydroxyl groups excluding tert-OH is 2. The van der Waals surface area contributed by atoms with Crippen LogP contribution in [0.3, 0.4) is 0 Å². The van der Waals surface area contributed by atoms with E-state index in [1.165, 1.54) is 83.5 Å². The van der Waals surface area contributed by atoms with Crippen LogP contribution in [0.4, 0.5) is 0 Å². The molecule has 0 fully saturated rings. The fourth-order valence-corrected chi connectivity index (χ4v) is 3.01. The minimum atomic E-state index is -0.959. The van der Waals surface area contributed by atoms with E-state index in [1.54, 1.807) is 0 Å². The second-order valence-corrected chi connectivity index (χ2v) is 7.56. The Kier molecular flexibility index (Phi) is 20.7. The fourth-order valence-electron chi connectivity index (χ4n) is 3.01. The van der Waals surface area contributed by atoms with Crippen LogP contribution in [0.25, 0.3) is 0 Å². The summed E-state index contributed by atoms with van der Waals surface area (Å²) in [5.41, 5.74) is 0. The maximum atomic E-state index is 11.4. The number of aliphatic hydroxyl groups is 2. The van der Waals surface area contributed by atoms with Gasteiger partial charge in [-0.05, 0) is 32.1 Å². The summed E-state index contributed by atoms with van der Waals surface area (Å²) in [5.74, 6) is -0.282. The van der Waals surface area contributed by atoms with Crippen molar-refractivity contribution in [3.8, 4) is 0 Å². The number of ether oxygens (including phenoxy) is 1. The number of hydrogen-bond donors (Lipinski definition) is 2. The van der Waals surface area contributed by atoms with Gasteiger partial charge in [0.25, 0.3) is 0 Å². The first kappa shape index (κ1) is 26.1. The number of allylic oxidation sites excluding steroid dienone is 2. The zero-order valence-corrected chi connectivity index (χ0v) is 17.7. The molecule has 4 nitrogen and oxygen atoms in total. The highest BCUT2D eigenvalue weighted by Gasteiger charge is 2.07. The monoisotopic (exact) mass is 384 g/mol. The Balaban J connectivity index is 3.20. The van der Waals surface area contributed by atoms with E-state index in [-0.39, 0.29) is 19.2 Å². The lowest BCUT2D eigenvalue weighted by atomic mass is 10.1. The molecule has 0 heterocycles. The van der Waals surface area contributed by atoms with Gasteiger partial charge in [0.1, 0.15) is 12.7 Å². The number of unbranched alkanes of at least 4 members (excludes halogenated alkanes) is 13. The summed E-state index contributed by atoms with van der Waals surface area (Å²) >= 11 is 0. The Morgan fingerprint density at radius 2 is 1.30 bits per heavy atom. The topological polar surface area (TPSA) is 66.8 Å². The number of rotatable bonds is 20. The van der Waals surface area contributed by atoms with Crippen LogP contribution in [-0.4, -0.2) is 35.5 Å². The predicted molar refractivity (Wildman–Crippen MR) is 113 cm³/mol. The van der Waals surface area contributed by atoms with Crippen molar-refractivity contribution in [2.24, 2.45) is 0 Å². The molecule has 0 saturated carbocycles. The molecule has 0 unspecified atom stereocenters. The Hall–Kier alpha value is -0.870. The van der Waals surface area contributed by atoms with Crippen molar-refractivity contribution >= 4 is 5.97 Å². The van der Waals surface area contributed by atoms with Gasteiger partial charge in [-0.2, -0.15) is 0 Å². The van der Waals surface area contributed by atoms with Crippen LogP contribution < -0.4 is 0 Å². The molecule has 0 aromatic carbocycles. The Bertz CT molecular complexity index is 341. The molecular weight excluding hydrogens is 340 g/mol. The molecule has 0 bridgehead atoms. The van der Waals surface area contributed by atoms with Crippen LogP contribution in [0, 0.1) is 0 Å². The number of carbonyl (C=O) groups excluding carboxylic acids is 1. The summed E-state index contributed by atoms with van der Waals surface area (Å²) in [7, 11) is 0. The number of carbonyl (C=O) groups is 1. The lowest BCUT2D eigenvalue weighted by Crippen LogP contribution is -2.21. The molecular formula is C23H44O4. The molecule has 0 aromatic rings. The van der Waals surface area contributed by atoms with Crippen LogP contribution in [0.1, 0.15) is 110 Å². The summed E-state index contributed by atoms with van der Waals surface area (Å²) in [6, 6.07) is 0. The van der Waals surface area contributed by atoms with Gasteiger partial charge in [-0.25, -0.2) is 0 Å². The molecule has 4 heteroatoms. The summed E-state index contributed by atoms with van der Waals surface area (Å²) in [4.78, 5) is 11.4. The third-order valence-corrected chi connectivity index (χ3v) is 4.79. The lowest BCUT2D eigenvalue weighted by Gasteiger charge is -2.08. The number of esters is 1. The minimum absolute atomic E-state index is 0.108. The molecule has 0 spiro atoms. The first-order valence-corrected chi connectivity index (χ1v) is 11.3. The largest absolute Gasteiger partial charge is 0.463 e. The van der Waals surface area contributed by atoms with Crippen LogP contribution in [0.5, 0.6) is 0 Å². The first-order chi connectivity index (χ1) is 13.2. The van der Waals surface area contributed by atoms with Crippen LogP contribution in [-0.2, 0) is 9.53 Å². The standard InChI is InChI=1S/C23H44O4/c1-2-3-4-5-6-7-8-9-10-11-12-13-14-15-16-17-18-19-23(26)27-21-22(25)20-24/h9-10,22,24-25H,2-8,11-21H2,1H3/b10-9+/t22-/m0/s1. The third-order valence-electron chi connectivity index (χ3n) is 4.79. The van der Waals surface area contributed by atoms with E-state index in [0.717, 1.165) is 12.8 Å². The van der Waals surface area contributed by atoms with Crippen molar-refractivity contribution in [3.63, 3.8) is 0 Å². The molecule has 0 aromatic heterocycles. The molecule has 0 amide bonds. The normalized spacial score (nSPS) is 12.6. The molecule has 160 valence electrons. The molecule has 0 aliphatic rings. The van der Waals surface area contributed by atoms with Gasteiger partial charge in [-0.3, -0.25) is 4.79 Å². The second kappa shape index (κ2) is 21.4. The van der Waals surface area contributed by atoms with Crippen molar-refractivity contribution in [2.45, 2.75) is 116 Å². The Morgan fingerprint density at radius 1 is 0.815 bits per heavy atom.